The number of nitrogens with zero attached hydrogens (tertiary/aromatic N) is 2. The minimum absolute atomic E-state index is 0.119. The van der Waals surface area contributed by atoms with Crippen molar-refractivity contribution in [2.75, 3.05) is 44.2 Å². The van der Waals surface area contributed by atoms with Gasteiger partial charge in [0.05, 0.1) is 12.5 Å². The first-order valence-corrected chi connectivity index (χ1v) is 8.27. The number of halogens is 3. The minimum atomic E-state index is -4.19. The highest BCUT2D eigenvalue weighted by Crippen LogP contribution is 2.25. The number of amides is 1. The number of carbonyl (C=O) groups excluding carboxylic acids is 1. The fraction of sp³-hybridized carbons (Fsp3) is 0.588. The number of hydrogen-bond acceptors (Lipinski definition) is 3. The first-order valence-electron chi connectivity index (χ1n) is 8.27. The molecule has 7 heteroatoms. The molecule has 2 aliphatic heterocycles. The van der Waals surface area contributed by atoms with Gasteiger partial charge in [0, 0.05) is 38.4 Å². The highest BCUT2D eigenvalue weighted by atomic mass is 19.4. The summed E-state index contributed by atoms with van der Waals surface area (Å²) in [6, 6.07) is 10.1. The molecule has 2 heterocycles. The third-order valence-electron chi connectivity index (χ3n) is 4.70. The molecule has 0 radical (unpaired) electrons. The number of rotatable bonds is 5. The van der Waals surface area contributed by atoms with Gasteiger partial charge >= 0.3 is 6.18 Å². The number of hydrogen-bond donors (Lipinski definition) is 1. The zero-order valence-electron chi connectivity index (χ0n) is 13.4. The van der Waals surface area contributed by atoms with Crippen molar-refractivity contribution < 1.29 is 18.0 Å². The Balaban J connectivity index is 1.36. The van der Waals surface area contributed by atoms with E-state index in [1.54, 1.807) is 0 Å². The second kappa shape index (κ2) is 7.01. The lowest BCUT2D eigenvalue weighted by Crippen LogP contribution is -2.56. The van der Waals surface area contributed by atoms with Gasteiger partial charge in [-0.05, 0) is 24.5 Å². The molecule has 1 aromatic carbocycles. The predicted octanol–water partition coefficient (Wildman–Crippen LogP) is 2.12. The van der Waals surface area contributed by atoms with Gasteiger partial charge in [0.2, 0.25) is 5.91 Å². The van der Waals surface area contributed by atoms with Crippen LogP contribution in [0.5, 0.6) is 0 Å². The van der Waals surface area contributed by atoms with Crippen molar-refractivity contribution in [3.63, 3.8) is 0 Å². The Kier molecular flexibility index (Phi) is 4.99. The fourth-order valence-corrected chi connectivity index (χ4v) is 3.38. The van der Waals surface area contributed by atoms with Crippen molar-refractivity contribution in [2.24, 2.45) is 11.8 Å². The number of anilines is 1. The summed E-state index contributed by atoms with van der Waals surface area (Å²) in [6.07, 6.45) is -3.17. The van der Waals surface area contributed by atoms with E-state index in [1.165, 1.54) is 10.6 Å². The second-order valence-corrected chi connectivity index (χ2v) is 6.69. The van der Waals surface area contributed by atoms with Crippen LogP contribution in [0.4, 0.5) is 18.9 Å². The fourth-order valence-electron chi connectivity index (χ4n) is 3.38. The van der Waals surface area contributed by atoms with Crippen LogP contribution in [0.15, 0.2) is 30.3 Å². The van der Waals surface area contributed by atoms with E-state index in [4.69, 9.17) is 0 Å². The number of nitrogens with one attached hydrogen (secondary N) is 1. The Hall–Kier alpha value is -1.76. The summed E-state index contributed by atoms with van der Waals surface area (Å²) in [5, 5.41) is 2.91. The molecule has 1 amide bonds. The molecule has 0 aliphatic carbocycles. The van der Waals surface area contributed by atoms with Gasteiger partial charge in [-0.15, -0.1) is 0 Å². The van der Waals surface area contributed by atoms with E-state index in [0.717, 1.165) is 19.5 Å². The third-order valence-corrected chi connectivity index (χ3v) is 4.70. The SMILES string of the molecule is O=C(NCC1CCN(c2ccccc2)C1)C1CN(CC(F)(F)F)C1. The zero-order chi connectivity index (χ0) is 17.2. The second-order valence-electron chi connectivity index (χ2n) is 6.69. The lowest BCUT2D eigenvalue weighted by molar-refractivity contribution is -0.163. The van der Waals surface area contributed by atoms with E-state index < -0.39 is 12.7 Å². The molecule has 0 aromatic heterocycles. The third kappa shape index (κ3) is 4.41. The van der Waals surface area contributed by atoms with E-state index in [-0.39, 0.29) is 24.9 Å². The summed E-state index contributed by atoms with van der Waals surface area (Å²) in [4.78, 5) is 15.6. The average Bonchev–Trinajstić information content (AvgIpc) is 2.97. The van der Waals surface area contributed by atoms with Gasteiger partial charge in [0.15, 0.2) is 0 Å². The van der Waals surface area contributed by atoms with Gasteiger partial charge in [0.1, 0.15) is 0 Å². The van der Waals surface area contributed by atoms with Crippen LogP contribution in [-0.4, -0.2) is 56.3 Å². The van der Waals surface area contributed by atoms with Gasteiger partial charge in [-0.2, -0.15) is 13.2 Å². The molecular formula is C17H22F3N3O. The van der Waals surface area contributed by atoms with Crippen LogP contribution in [0.3, 0.4) is 0 Å². The Morgan fingerprint density at radius 3 is 2.54 bits per heavy atom. The largest absolute Gasteiger partial charge is 0.401 e. The molecule has 1 N–H and O–H groups in total. The summed E-state index contributed by atoms with van der Waals surface area (Å²) < 4.78 is 36.7. The molecule has 0 saturated carbocycles. The monoisotopic (exact) mass is 341 g/mol. The quantitative estimate of drug-likeness (QED) is 0.891. The van der Waals surface area contributed by atoms with E-state index in [2.05, 4.69) is 22.3 Å². The Morgan fingerprint density at radius 1 is 1.17 bits per heavy atom. The minimum Gasteiger partial charge on any atom is -0.371 e. The lowest BCUT2D eigenvalue weighted by atomic mass is 9.98. The highest BCUT2D eigenvalue weighted by Gasteiger charge is 2.39. The molecule has 0 spiro atoms. The summed E-state index contributed by atoms with van der Waals surface area (Å²) >= 11 is 0. The van der Waals surface area contributed by atoms with Crippen molar-refractivity contribution in [1.82, 2.24) is 10.2 Å². The molecule has 1 atom stereocenters. The molecule has 3 rings (SSSR count). The van der Waals surface area contributed by atoms with E-state index in [9.17, 15) is 18.0 Å². The standard InChI is InChI=1S/C17H22F3N3O/c18-17(19,20)12-22-10-14(11-22)16(24)21-8-13-6-7-23(9-13)15-4-2-1-3-5-15/h1-5,13-14H,6-12H2,(H,21,24). The van der Waals surface area contributed by atoms with Crippen LogP contribution in [-0.2, 0) is 4.79 Å². The number of para-hydroxylation sites is 1. The topological polar surface area (TPSA) is 35.6 Å². The summed E-state index contributed by atoms with van der Waals surface area (Å²) in [5.74, 6) is -0.0360. The summed E-state index contributed by atoms with van der Waals surface area (Å²) in [5.41, 5.74) is 1.19. The van der Waals surface area contributed by atoms with Crippen LogP contribution in [0.1, 0.15) is 6.42 Å². The maximum atomic E-state index is 12.2. The molecule has 1 unspecified atom stereocenters. The van der Waals surface area contributed by atoms with Crippen LogP contribution < -0.4 is 10.2 Å². The summed E-state index contributed by atoms with van der Waals surface area (Å²) in [6.45, 7) is 1.93. The molecule has 1 aromatic rings. The van der Waals surface area contributed by atoms with E-state index >= 15 is 0 Å². The molecule has 2 aliphatic rings. The Bertz CT molecular complexity index is 558. The van der Waals surface area contributed by atoms with Gasteiger partial charge in [-0.25, -0.2) is 0 Å². The normalized spacial score (nSPS) is 22.5. The molecular weight excluding hydrogens is 319 g/mol. The van der Waals surface area contributed by atoms with Crippen LogP contribution in [0.2, 0.25) is 0 Å². The molecule has 2 fully saturated rings. The van der Waals surface area contributed by atoms with Crippen molar-refractivity contribution in [3.8, 4) is 0 Å². The van der Waals surface area contributed by atoms with Crippen molar-refractivity contribution >= 4 is 11.6 Å². The molecule has 4 nitrogen and oxygen atoms in total. The van der Waals surface area contributed by atoms with Gasteiger partial charge in [-0.1, -0.05) is 18.2 Å². The number of alkyl halides is 3. The van der Waals surface area contributed by atoms with Crippen LogP contribution in [0, 0.1) is 11.8 Å². The van der Waals surface area contributed by atoms with Gasteiger partial charge in [0.25, 0.3) is 0 Å². The number of carbonyl (C=O) groups is 1. The highest BCUT2D eigenvalue weighted by molar-refractivity contribution is 5.80. The first kappa shape index (κ1) is 17.1. The zero-order valence-corrected chi connectivity index (χ0v) is 13.4. The van der Waals surface area contributed by atoms with Crippen LogP contribution in [0.25, 0.3) is 0 Å². The Morgan fingerprint density at radius 2 is 1.88 bits per heavy atom. The Labute approximate surface area is 139 Å². The van der Waals surface area contributed by atoms with Crippen molar-refractivity contribution in [1.29, 1.82) is 0 Å². The predicted molar refractivity (Wildman–Crippen MR) is 85.8 cm³/mol. The van der Waals surface area contributed by atoms with Crippen LogP contribution >= 0.6 is 0 Å². The number of benzene rings is 1. The molecule has 2 saturated heterocycles. The lowest BCUT2D eigenvalue weighted by Gasteiger charge is -2.38. The smallest absolute Gasteiger partial charge is 0.371 e. The van der Waals surface area contributed by atoms with Gasteiger partial charge < -0.3 is 10.2 Å². The maximum Gasteiger partial charge on any atom is 0.401 e. The maximum absolute atomic E-state index is 12.2. The van der Waals surface area contributed by atoms with E-state index in [0.29, 0.717) is 12.5 Å². The first-order chi connectivity index (χ1) is 11.4. The van der Waals surface area contributed by atoms with Crippen molar-refractivity contribution in [3.05, 3.63) is 30.3 Å². The molecule has 132 valence electrons. The average molecular weight is 341 g/mol. The van der Waals surface area contributed by atoms with E-state index in [1.807, 2.05) is 18.2 Å². The molecule has 0 bridgehead atoms. The van der Waals surface area contributed by atoms with Gasteiger partial charge in [-0.3, -0.25) is 9.69 Å². The van der Waals surface area contributed by atoms with Crippen molar-refractivity contribution in [2.45, 2.75) is 12.6 Å². The molecule has 24 heavy (non-hydrogen) atoms. The summed E-state index contributed by atoms with van der Waals surface area (Å²) in [7, 11) is 0. The number of likely N-dealkylation sites (tertiary alicyclic amines) is 1.